The van der Waals surface area contributed by atoms with Gasteiger partial charge in [0.25, 0.3) is 0 Å². The molecule has 0 aromatic heterocycles. The van der Waals surface area contributed by atoms with E-state index >= 15 is 0 Å². The second kappa shape index (κ2) is 6.12. The fraction of sp³-hybridized carbons (Fsp3) is 0.600. The molecule has 1 heterocycles. The number of nitrogens with one attached hydrogen (secondary N) is 1. The van der Waals surface area contributed by atoms with Crippen LogP contribution in [0.1, 0.15) is 37.4 Å². The van der Waals surface area contributed by atoms with Crippen LogP contribution < -0.4 is 10.1 Å². The van der Waals surface area contributed by atoms with E-state index in [1.54, 1.807) is 0 Å². The summed E-state index contributed by atoms with van der Waals surface area (Å²) in [5, 5.41) is 4.02. The van der Waals surface area contributed by atoms with Gasteiger partial charge in [0, 0.05) is 13.1 Å². The lowest BCUT2D eigenvalue weighted by atomic mass is 10.1. The molecule has 1 unspecified atom stereocenters. The molecule has 0 radical (unpaired) electrons. The molecule has 4 heteroatoms. The Morgan fingerprint density at radius 2 is 2.11 bits per heavy atom. The second-order valence-electron chi connectivity index (χ2n) is 5.28. The van der Waals surface area contributed by atoms with E-state index in [9.17, 15) is 0 Å². The highest BCUT2D eigenvalue weighted by Crippen LogP contribution is 2.32. The van der Waals surface area contributed by atoms with Crippen molar-refractivity contribution in [1.29, 1.82) is 0 Å². The van der Waals surface area contributed by atoms with Gasteiger partial charge in [-0.3, -0.25) is 0 Å². The van der Waals surface area contributed by atoms with Crippen LogP contribution in [0.4, 0.5) is 0 Å². The van der Waals surface area contributed by atoms with E-state index in [2.05, 4.69) is 11.4 Å². The number of hydrogen-bond donors (Lipinski definition) is 1. The maximum absolute atomic E-state index is 6.33. The van der Waals surface area contributed by atoms with Gasteiger partial charge in [0.1, 0.15) is 5.75 Å². The Bertz CT molecular complexity index is 426. The summed E-state index contributed by atoms with van der Waals surface area (Å²) in [6.07, 6.45) is 5.27. The summed E-state index contributed by atoms with van der Waals surface area (Å²) >= 11 is 6.33. The quantitative estimate of drug-likeness (QED) is 0.922. The zero-order valence-corrected chi connectivity index (χ0v) is 11.8. The summed E-state index contributed by atoms with van der Waals surface area (Å²) in [5.41, 5.74) is 1.12. The molecular weight excluding hydrogens is 262 g/mol. The van der Waals surface area contributed by atoms with Crippen LogP contribution in [0.2, 0.25) is 5.02 Å². The largest absolute Gasteiger partial charge is 0.489 e. The summed E-state index contributed by atoms with van der Waals surface area (Å²) in [5.74, 6) is 0.807. The van der Waals surface area contributed by atoms with Gasteiger partial charge < -0.3 is 14.8 Å². The zero-order chi connectivity index (χ0) is 13.1. The van der Waals surface area contributed by atoms with Crippen LogP contribution >= 0.6 is 11.6 Å². The summed E-state index contributed by atoms with van der Waals surface area (Å²) in [7, 11) is 0. The lowest BCUT2D eigenvalue weighted by Gasteiger charge is -2.24. The molecule has 3 rings (SSSR count). The first-order valence-electron chi connectivity index (χ1n) is 7.11. The fourth-order valence-electron chi connectivity index (χ4n) is 2.78. The Kier molecular flexibility index (Phi) is 4.26. The molecule has 0 bridgehead atoms. The standard InChI is InChI=1S/C15H20ClNO2/c16-13-9-11(15-10-17-7-8-18-15)5-6-14(13)19-12-3-1-2-4-12/h5-6,9,12,15,17H,1-4,7-8,10H2. The van der Waals surface area contributed by atoms with Crippen molar-refractivity contribution in [3.05, 3.63) is 28.8 Å². The molecule has 1 atom stereocenters. The van der Waals surface area contributed by atoms with Crippen LogP contribution in [0.25, 0.3) is 0 Å². The van der Waals surface area contributed by atoms with Crippen molar-refractivity contribution >= 4 is 11.6 Å². The van der Waals surface area contributed by atoms with E-state index in [0.717, 1.165) is 43.9 Å². The molecule has 104 valence electrons. The van der Waals surface area contributed by atoms with Gasteiger partial charge in [-0.2, -0.15) is 0 Å². The van der Waals surface area contributed by atoms with Crippen LogP contribution in [0.5, 0.6) is 5.75 Å². The van der Waals surface area contributed by atoms with E-state index in [0.29, 0.717) is 11.1 Å². The molecule has 19 heavy (non-hydrogen) atoms. The van der Waals surface area contributed by atoms with E-state index in [1.165, 1.54) is 12.8 Å². The van der Waals surface area contributed by atoms with Gasteiger partial charge >= 0.3 is 0 Å². The average molecular weight is 282 g/mol. The van der Waals surface area contributed by atoms with Crippen molar-refractivity contribution in [3.63, 3.8) is 0 Å². The minimum Gasteiger partial charge on any atom is -0.489 e. The van der Waals surface area contributed by atoms with E-state index < -0.39 is 0 Å². The summed E-state index contributed by atoms with van der Waals surface area (Å²) in [4.78, 5) is 0. The number of ether oxygens (including phenoxy) is 2. The zero-order valence-electron chi connectivity index (χ0n) is 11.0. The molecule has 1 aromatic rings. The van der Waals surface area contributed by atoms with Crippen LogP contribution in [-0.2, 0) is 4.74 Å². The highest BCUT2D eigenvalue weighted by Gasteiger charge is 2.20. The fourth-order valence-corrected chi connectivity index (χ4v) is 3.01. The van der Waals surface area contributed by atoms with Gasteiger partial charge in [0.15, 0.2) is 0 Å². The van der Waals surface area contributed by atoms with Gasteiger partial charge in [-0.25, -0.2) is 0 Å². The smallest absolute Gasteiger partial charge is 0.138 e. The number of halogens is 1. The Morgan fingerprint density at radius 3 is 2.79 bits per heavy atom. The molecule has 1 saturated heterocycles. The molecule has 1 saturated carbocycles. The van der Waals surface area contributed by atoms with Crippen molar-refractivity contribution in [3.8, 4) is 5.75 Å². The first kappa shape index (κ1) is 13.2. The topological polar surface area (TPSA) is 30.5 Å². The predicted octanol–water partition coefficient (Wildman–Crippen LogP) is 3.32. The Balaban J connectivity index is 1.69. The van der Waals surface area contributed by atoms with Gasteiger partial charge in [-0.15, -0.1) is 0 Å². The maximum atomic E-state index is 6.33. The Morgan fingerprint density at radius 1 is 1.26 bits per heavy atom. The van der Waals surface area contributed by atoms with Crippen molar-refractivity contribution in [2.45, 2.75) is 37.9 Å². The minimum atomic E-state index is 0.104. The van der Waals surface area contributed by atoms with Gasteiger partial charge in [0.05, 0.1) is 23.8 Å². The number of hydrogen-bond acceptors (Lipinski definition) is 3. The lowest BCUT2D eigenvalue weighted by molar-refractivity contribution is 0.0276. The molecule has 0 spiro atoms. The van der Waals surface area contributed by atoms with Crippen LogP contribution in [0, 0.1) is 0 Å². The van der Waals surface area contributed by atoms with Gasteiger partial charge in [0.2, 0.25) is 0 Å². The third-order valence-electron chi connectivity index (χ3n) is 3.85. The highest BCUT2D eigenvalue weighted by atomic mass is 35.5. The summed E-state index contributed by atoms with van der Waals surface area (Å²) in [6, 6.07) is 6.02. The number of benzene rings is 1. The lowest BCUT2D eigenvalue weighted by Crippen LogP contribution is -2.33. The minimum absolute atomic E-state index is 0.104. The highest BCUT2D eigenvalue weighted by molar-refractivity contribution is 6.32. The molecular formula is C15H20ClNO2. The molecule has 1 N–H and O–H groups in total. The second-order valence-corrected chi connectivity index (χ2v) is 5.68. The normalized spacial score (nSPS) is 24.6. The average Bonchev–Trinajstić information content (AvgIpc) is 2.95. The van der Waals surface area contributed by atoms with Gasteiger partial charge in [-0.1, -0.05) is 17.7 Å². The third-order valence-corrected chi connectivity index (χ3v) is 4.15. The van der Waals surface area contributed by atoms with Crippen molar-refractivity contribution in [2.75, 3.05) is 19.7 Å². The number of morpholine rings is 1. The molecule has 3 nitrogen and oxygen atoms in total. The molecule has 1 aliphatic carbocycles. The molecule has 1 aliphatic heterocycles. The Labute approximate surface area is 119 Å². The Hall–Kier alpha value is -0.770. The van der Waals surface area contributed by atoms with Crippen molar-refractivity contribution < 1.29 is 9.47 Å². The van der Waals surface area contributed by atoms with Crippen molar-refractivity contribution in [1.82, 2.24) is 5.32 Å². The van der Waals surface area contributed by atoms with E-state index in [4.69, 9.17) is 21.1 Å². The molecule has 2 aliphatic rings. The van der Waals surface area contributed by atoms with E-state index in [1.807, 2.05) is 12.1 Å². The van der Waals surface area contributed by atoms with Crippen LogP contribution in [0.15, 0.2) is 18.2 Å². The predicted molar refractivity (Wildman–Crippen MR) is 75.9 cm³/mol. The summed E-state index contributed by atoms with van der Waals surface area (Å²) < 4.78 is 11.7. The summed E-state index contributed by atoms with van der Waals surface area (Å²) in [6.45, 7) is 2.52. The van der Waals surface area contributed by atoms with Crippen LogP contribution in [0.3, 0.4) is 0 Å². The first-order valence-corrected chi connectivity index (χ1v) is 7.49. The first-order chi connectivity index (χ1) is 9.33. The molecule has 1 aromatic carbocycles. The van der Waals surface area contributed by atoms with Gasteiger partial charge in [-0.05, 0) is 43.4 Å². The van der Waals surface area contributed by atoms with Crippen molar-refractivity contribution in [2.24, 2.45) is 0 Å². The number of rotatable bonds is 3. The van der Waals surface area contributed by atoms with E-state index in [-0.39, 0.29) is 6.10 Å². The molecule has 2 fully saturated rings. The molecule has 0 amide bonds. The third kappa shape index (κ3) is 3.22. The SMILES string of the molecule is Clc1cc(C2CNCCO2)ccc1OC1CCCC1. The monoisotopic (exact) mass is 281 g/mol. The van der Waals surface area contributed by atoms with Crippen LogP contribution in [-0.4, -0.2) is 25.8 Å². The maximum Gasteiger partial charge on any atom is 0.138 e.